The molecule has 6 heteroatoms. The fourth-order valence-corrected chi connectivity index (χ4v) is 2.51. The third kappa shape index (κ3) is 4.26. The van der Waals surface area contributed by atoms with Gasteiger partial charge in [0.25, 0.3) is 5.69 Å². The Hall–Kier alpha value is -2.47. The Morgan fingerprint density at radius 3 is 2.43 bits per heavy atom. The number of thiocarbonyl (C=S) groups is 1. The number of para-hydroxylation sites is 1. The summed E-state index contributed by atoms with van der Waals surface area (Å²) < 4.78 is 0. The van der Waals surface area contributed by atoms with Gasteiger partial charge in [-0.3, -0.25) is 10.1 Å². The van der Waals surface area contributed by atoms with Crippen LogP contribution in [-0.2, 0) is 0 Å². The maximum Gasteiger partial charge on any atom is 0.292 e. The monoisotopic (exact) mass is 329 g/mol. The van der Waals surface area contributed by atoms with E-state index < -0.39 is 4.92 Å². The summed E-state index contributed by atoms with van der Waals surface area (Å²) in [4.78, 5) is 10.7. The molecule has 0 heterocycles. The highest BCUT2D eigenvalue weighted by molar-refractivity contribution is 7.80. The van der Waals surface area contributed by atoms with E-state index in [9.17, 15) is 10.1 Å². The van der Waals surface area contributed by atoms with Crippen molar-refractivity contribution in [1.82, 2.24) is 0 Å². The van der Waals surface area contributed by atoms with Gasteiger partial charge in [-0.1, -0.05) is 38.1 Å². The van der Waals surface area contributed by atoms with Crippen molar-refractivity contribution < 1.29 is 4.92 Å². The Kier molecular flexibility index (Phi) is 5.28. The molecule has 0 aromatic heterocycles. The molecule has 0 saturated carbocycles. The average Bonchev–Trinajstić information content (AvgIpc) is 2.49. The number of nitrogens with one attached hydrogen (secondary N) is 2. The van der Waals surface area contributed by atoms with Crippen LogP contribution in [0.25, 0.3) is 0 Å². The maximum atomic E-state index is 11.2. The molecule has 0 radical (unpaired) electrons. The molecule has 0 saturated heterocycles. The van der Waals surface area contributed by atoms with Gasteiger partial charge in [0.2, 0.25) is 0 Å². The zero-order valence-electron chi connectivity index (χ0n) is 13.3. The van der Waals surface area contributed by atoms with Crippen LogP contribution in [-0.4, -0.2) is 10.0 Å². The topological polar surface area (TPSA) is 67.2 Å². The van der Waals surface area contributed by atoms with E-state index in [1.54, 1.807) is 12.1 Å². The molecule has 0 fully saturated rings. The van der Waals surface area contributed by atoms with E-state index in [1.165, 1.54) is 6.07 Å². The lowest BCUT2D eigenvalue weighted by molar-refractivity contribution is -0.383. The van der Waals surface area contributed by atoms with Crippen molar-refractivity contribution in [2.45, 2.75) is 26.7 Å². The van der Waals surface area contributed by atoms with Crippen molar-refractivity contribution >= 4 is 34.4 Å². The summed E-state index contributed by atoms with van der Waals surface area (Å²) in [5.41, 5.74) is 3.24. The molecule has 0 aliphatic carbocycles. The van der Waals surface area contributed by atoms with Gasteiger partial charge in [-0.05, 0) is 48.3 Å². The number of rotatable bonds is 4. The van der Waals surface area contributed by atoms with Crippen molar-refractivity contribution in [2.24, 2.45) is 0 Å². The van der Waals surface area contributed by atoms with E-state index >= 15 is 0 Å². The molecule has 2 aromatic rings. The van der Waals surface area contributed by atoms with Crippen LogP contribution < -0.4 is 10.6 Å². The zero-order chi connectivity index (χ0) is 17.0. The van der Waals surface area contributed by atoms with Gasteiger partial charge in [-0.2, -0.15) is 0 Å². The first-order chi connectivity index (χ1) is 10.9. The lowest BCUT2D eigenvalue weighted by Crippen LogP contribution is -2.20. The Morgan fingerprint density at radius 2 is 1.78 bits per heavy atom. The predicted molar refractivity (Wildman–Crippen MR) is 98.2 cm³/mol. The van der Waals surface area contributed by atoms with Crippen LogP contribution in [0, 0.1) is 17.0 Å². The standard InChI is InChI=1S/C17H19N3O2S/c1-11(2)13-6-4-5-7-14(13)18-17(23)19-15-9-8-12(3)10-16(15)20(21)22/h4-11H,1-3H3,(H2,18,19,23). The van der Waals surface area contributed by atoms with E-state index in [1.807, 2.05) is 31.2 Å². The van der Waals surface area contributed by atoms with E-state index in [-0.39, 0.29) is 5.69 Å². The minimum absolute atomic E-state index is 0.00583. The number of hydrogen-bond acceptors (Lipinski definition) is 3. The van der Waals surface area contributed by atoms with Gasteiger partial charge in [-0.25, -0.2) is 0 Å². The van der Waals surface area contributed by atoms with E-state index in [0.29, 0.717) is 16.7 Å². The average molecular weight is 329 g/mol. The van der Waals surface area contributed by atoms with Crippen molar-refractivity contribution in [1.29, 1.82) is 0 Å². The second-order valence-electron chi connectivity index (χ2n) is 5.60. The van der Waals surface area contributed by atoms with Crippen LogP contribution in [0.1, 0.15) is 30.9 Å². The molecule has 0 atom stereocenters. The smallest absolute Gasteiger partial charge is 0.292 e. The minimum atomic E-state index is -0.417. The van der Waals surface area contributed by atoms with Crippen LogP contribution in [0.3, 0.4) is 0 Å². The van der Waals surface area contributed by atoms with Gasteiger partial charge >= 0.3 is 0 Å². The fourth-order valence-electron chi connectivity index (χ4n) is 2.29. The molecule has 2 rings (SSSR count). The molecule has 0 aliphatic rings. The molecule has 0 bridgehead atoms. The molecular formula is C17H19N3O2S. The summed E-state index contributed by atoms with van der Waals surface area (Å²) in [6.45, 7) is 6.01. The molecule has 23 heavy (non-hydrogen) atoms. The van der Waals surface area contributed by atoms with Crippen LogP contribution in [0.4, 0.5) is 17.1 Å². The van der Waals surface area contributed by atoms with Crippen LogP contribution >= 0.6 is 12.2 Å². The quantitative estimate of drug-likeness (QED) is 0.477. The number of nitrogens with zero attached hydrogens (tertiary/aromatic N) is 1. The Balaban J connectivity index is 2.20. The highest BCUT2D eigenvalue weighted by Crippen LogP contribution is 2.27. The largest absolute Gasteiger partial charge is 0.332 e. The van der Waals surface area contributed by atoms with Gasteiger partial charge in [0, 0.05) is 11.8 Å². The molecular weight excluding hydrogens is 310 g/mol. The lowest BCUT2D eigenvalue weighted by atomic mass is 10.0. The molecule has 0 aliphatic heterocycles. The molecule has 2 aromatic carbocycles. The van der Waals surface area contributed by atoms with Gasteiger partial charge in [0.15, 0.2) is 5.11 Å². The molecule has 0 spiro atoms. The second-order valence-corrected chi connectivity index (χ2v) is 6.01. The highest BCUT2D eigenvalue weighted by atomic mass is 32.1. The van der Waals surface area contributed by atoms with Gasteiger partial charge in [0.05, 0.1) is 4.92 Å². The summed E-state index contributed by atoms with van der Waals surface area (Å²) in [6.07, 6.45) is 0. The lowest BCUT2D eigenvalue weighted by Gasteiger charge is -2.16. The van der Waals surface area contributed by atoms with E-state index in [0.717, 1.165) is 16.8 Å². The van der Waals surface area contributed by atoms with Gasteiger partial charge < -0.3 is 10.6 Å². The molecule has 2 N–H and O–H groups in total. The first kappa shape index (κ1) is 16.9. The SMILES string of the molecule is Cc1ccc(NC(=S)Nc2ccccc2C(C)C)c([N+](=O)[O-])c1. The van der Waals surface area contributed by atoms with E-state index in [4.69, 9.17) is 12.2 Å². The Morgan fingerprint density at radius 1 is 1.13 bits per heavy atom. The number of hydrogen-bond donors (Lipinski definition) is 2. The summed E-state index contributed by atoms with van der Waals surface area (Å²) >= 11 is 5.30. The number of anilines is 2. The normalized spacial score (nSPS) is 10.4. The molecule has 0 amide bonds. The predicted octanol–water partition coefficient (Wildman–Crippen LogP) is 4.84. The highest BCUT2D eigenvalue weighted by Gasteiger charge is 2.15. The fraction of sp³-hybridized carbons (Fsp3) is 0.235. The van der Waals surface area contributed by atoms with Crippen LogP contribution in [0.15, 0.2) is 42.5 Å². The van der Waals surface area contributed by atoms with Crippen molar-refractivity contribution in [2.75, 3.05) is 10.6 Å². The zero-order valence-corrected chi connectivity index (χ0v) is 14.1. The summed E-state index contributed by atoms with van der Waals surface area (Å²) in [5.74, 6) is 0.343. The summed E-state index contributed by atoms with van der Waals surface area (Å²) in [7, 11) is 0. The van der Waals surface area contributed by atoms with Crippen molar-refractivity contribution in [3.8, 4) is 0 Å². The van der Waals surface area contributed by atoms with Crippen molar-refractivity contribution in [3.05, 3.63) is 63.7 Å². The number of nitro benzene ring substituents is 1. The van der Waals surface area contributed by atoms with Crippen LogP contribution in [0.5, 0.6) is 0 Å². The van der Waals surface area contributed by atoms with Gasteiger partial charge in [-0.15, -0.1) is 0 Å². The van der Waals surface area contributed by atoms with E-state index in [2.05, 4.69) is 24.5 Å². The third-order valence-corrected chi connectivity index (χ3v) is 3.63. The van der Waals surface area contributed by atoms with Crippen LogP contribution in [0.2, 0.25) is 0 Å². The first-order valence-corrected chi connectivity index (χ1v) is 7.71. The summed E-state index contributed by atoms with van der Waals surface area (Å²) in [5, 5.41) is 17.5. The molecule has 0 unspecified atom stereocenters. The minimum Gasteiger partial charge on any atom is -0.332 e. The molecule has 120 valence electrons. The third-order valence-electron chi connectivity index (χ3n) is 3.43. The molecule has 5 nitrogen and oxygen atoms in total. The second kappa shape index (κ2) is 7.19. The maximum absolute atomic E-state index is 11.2. The number of aryl methyl sites for hydroxylation is 1. The first-order valence-electron chi connectivity index (χ1n) is 7.30. The Labute approximate surface area is 140 Å². The van der Waals surface area contributed by atoms with Crippen molar-refractivity contribution in [3.63, 3.8) is 0 Å². The number of nitro groups is 1. The summed E-state index contributed by atoms with van der Waals surface area (Å²) in [6, 6.07) is 12.9. The van der Waals surface area contributed by atoms with Gasteiger partial charge in [0.1, 0.15) is 5.69 Å². The number of benzene rings is 2. The Bertz CT molecular complexity index is 744.